The number of hydrogen-bond donors (Lipinski definition) is 1. The van der Waals surface area contributed by atoms with E-state index in [-0.39, 0.29) is 5.97 Å². The lowest BCUT2D eigenvalue weighted by Gasteiger charge is -2.00. The van der Waals surface area contributed by atoms with Crippen molar-refractivity contribution in [1.82, 2.24) is 0 Å². The summed E-state index contributed by atoms with van der Waals surface area (Å²) < 4.78 is 4.94. The maximum atomic E-state index is 11.5. The van der Waals surface area contributed by atoms with Crippen molar-refractivity contribution in [3.8, 4) is 0 Å². The molecule has 0 aliphatic heterocycles. The fourth-order valence-corrected chi connectivity index (χ4v) is 2.98. The van der Waals surface area contributed by atoms with Crippen LogP contribution in [0.15, 0.2) is 0 Å². The molecule has 0 saturated heterocycles. The van der Waals surface area contributed by atoms with Crippen molar-refractivity contribution in [2.75, 3.05) is 12.3 Å². The van der Waals surface area contributed by atoms with Crippen molar-refractivity contribution in [1.29, 1.82) is 0 Å². The van der Waals surface area contributed by atoms with Gasteiger partial charge >= 0.3 is 5.97 Å². The van der Waals surface area contributed by atoms with E-state index in [2.05, 4.69) is 0 Å². The summed E-state index contributed by atoms with van der Waals surface area (Å²) in [6.45, 7) is 2.20. The minimum atomic E-state index is -0.274. The van der Waals surface area contributed by atoms with Crippen LogP contribution in [0, 0.1) is 0 Å². The Kier molecular flexibility index (Phi) is 2.46. The average Bonchev–Trinajstić information content (AvgIpc) is 2.69. The third kappa shape index (κ3) is 1.39. The maximum Gasteiger partial charge on any atom is 0.350 e. The maximum absolute atomic E-state index is 11.5. The molecule has 2 rings (SSSR count). The molecule has 1 heterocycles. The lowest BCUT2D eigenvalue weighted by atomic mass is 10.2. The topological polar surface area (TPSA) is 52.3 Å². The number of ether oxygens (including phenoxy) is 1. The fraction of sp³-hybridized carbons (Fsp3) is 0.500. The summed E-state index contributed by atoms with van der Waals surface area (Å²) in [5, 5.41) is 0. The third-order valence-corrected chi connectivity index (χ3v) is 3.71. The third-order valence-electron chi connectivity index (χ3n) is 2.42. The molecule has 0 radical (unpaired) electrons. The highest BCUT2D eigenvalue weighted by Gasteiger charge is 2.24. The Balaban J connectivity index is 2.32. The summed E-state index contributed by atoms with van der Waals surface area (Å²) >= 11 is 1.50. The molecule has 1 aromatic rings. The van der Waals surface area contributed by atoms with E-state index in [1.54, 1.807) is 6.92 Å². The second-order valence-electron chi connectivity index (χ2n) is 3.32. The van der Waals surface area contributed by atoms with Gasteiger partial charge in [0, 0.05) is 4.88 Å². The van der Waals surface area contributed by atoms with E-state index in [0.29, 0.717) is 17.2 Å². The summed E-state index contributed by atoms with van der Waals surface area (Å²) in [6.07, 6.45) is 3.23. The van der Waals surface area contributed by atoms with Gasteiger partial charge in [-0.05, 0) is 31.7 Å². The van der Waals surface area contributed by atoms with Crippen LogP contribution in [0.2, 0.25) is 0 Å². The molecular weight excluding hydrogens is 198 g/mol. The first-order valence-corrected chi connectivity index (χ1v) is 5.62. The van der Waals surface area contributed by atoms with Crippen molar-refractivity contribution < 1.29 is 9.53 Å². The molecule has 14 heavy (non-hydrogen) atoms. The van der Waals surface area contributed by atoms with Crippen LogP contribution in [0.25, 0.3) is 0 Å². The highest BCUT2D eigenvalue weighted by Crippen LogP contribution is 2.37. The zero-order valence-electron chi connectivity index (χ0n) is 8.13. The number of carbonyl (C=O) groups is 1. The zero-order valence-corrected chi connectivity index (χ0v) is 8.95. The van der Waals surface area contributed by atoms with Crippen LogP contribution in [0.5, 0.6) is 0 Å². The van der Waals surface area contributed by atoms with Crippen molar-refractivity contribution in [3.63, 3.8) is 0 Å². The molecule has 0 unspecified atom stereocenters. The van der Waals surface area contributed by atoms with Crippen LogP contribution in [-0.4, -0.2) is 12.6 Å². The van der Waals surface area contributed by atoms with Gasteiger partial charge in [-0.2, -0.15) is 0 Å². The second-order valence-corrected chi connectivity index (χ2v) is 4.43. The lowest BCUT2D eigenvalue weighted by Crippen LogP contribution is -2.05. The van der Waals surface area contributed by atoms with Gasteiger partial charge in [-0.1, -0.05) is 0 Å². The van der Waals surface area contributed by atoms with Gasteiger partial charge in [0.15, 0.2) is 0 Å². The van der Waals surface area contributed by atoms with Gasteiger partial charge in [0.25, 0.3) is 0 Å². The molecule has 3 nitrogen and oxygen atoms in total. The number of nitrogen functional groups attached to an aromatic ring is 1. The first kappa shape index (κ1) is 9.52. The first-order chi connectivity index (χ1) is 6.74. The van der Waals surface area contributed by atoms with E-state index in [9.17, 15) is 4.79 Å². The number of hydrogen-bond acceptors (Lipinski definition) is 4. The molecule has 0 bridgehead atoms. The normalized spacial score (nSPS) is 14.1. The minimum Gasteiger partial charge on any atom is -0.462 e. The van der Waals surface area contributed by atoms with Crippen LogP contribution < -0.4 is 5.73 Å². The molecule has 2 N–H and O–H groups in total. The van der Waals surface area contributed by atoms with Gasteiger partial charge in [-0.15, -0.1) is 11.3 Å². The van der Waals surface area contributed by atoms with E-state index < -0.39 is 0 Å². The Morgan fingerprint density at radius 3 is 3.00 bits per heavy atom. The second kappa shape index (κ2) is 3.61. The quantitative estimate of drug-likeness (QED) is 0.761. The number of esters is 1. The Labute approximate surface area is 86.9 Å². The Morgan fingerprint density at radius 1 is 1.57 bits per heavy atom. The van der Waals surface area contributed by atoms with E-state index in [0.717, 1.165) is 19.3 Å². The Hall–Kier alpha value is -1.03. The van der Waals surface area contributed by atoms with E-state index in [1.165, 1.54) is 21.8 Å². The van der Waals surface area contributed by atoms with E-state index in [4.69, 9.17) is 10.5 Å². The van der Waals surface area contributed by atoms with Crippen molar-refractivity contribution in [2.45, 2.75) is 26.2 Å². The SMILES string of the molecule is CCOC(=O)c1sc2c(c1N)CCC2. The van der Waals surface area contributed by atoms with Crippen molar-refractivity contribution in [3.05, 3.63) is 15.3 Å². The Morgan fingerprint density at radius 2 is 2.36 bits per heavy atom. The predicted octanol–water partition coefficient (Wildman–Crippen LogP) is 2.00. The summed E-state index contributed by atoms with van der Waals surface area (Å²) in [4.78, 5) is 13.3. The smallest absolute Gasteiger partial charge is 0.350 e. The molecule has 0 amide bonds. The summed E-state index contributed by atoms with van der Waals surface area (Å²) in [5.74, 6) is -0.274. The van der Waals surface area contributed by atoms with Crippen LogP contribution >= 0.6 is 11.3 Å². The highest BCUT2D eigenvalue weighted by molar-refractivity contribution is 7.14. The number of rotatable bonds is 2. The van der Waals surface area contributed by atoms with Crippen molar-refractivity contribution in [2.24, 2.45) is 0 Å². The summed E-state index contributed by atoms with van der Waals surface area (Å²) in [7, 11) is 0. The molecule has 1 aliphatic carbocycles. The standard InChI is InChI=1S/C10H13NO2S/c1-2-13-10(12)9-8(11)6-4-3-5-7(6)14-9/h2-5,11H2,1H3. The fourth-order valence-electron chi connectivity index (χ4n) is 1.78. The van der Waals surface area contributed by atoms with Gasteiger partial charge < -0.3 is 10.5 Å². The monoisotopic (exact) mass is 211 g/mol. The molecule has 0 saturated carbocycles. The van der Waals surface area contributed by atoms with E-state index >= 15 is 0 Å². The van der Waals surface area contributed by atoms with Gasteiger partial charge in [-0.3, -0.25) is 0 Å². The molecule has 76 valence electrons. The van der Waals surface area contributed by atoms with Crippen LogP contribution in [0.4, 0.5) is 5.69 Å². The largest absolute Gasteiger partial charge is 0.462 e. The average molecular weight is 211 g/mol. The summed E-state index contributed by atoms with van der Waals surface area (Å²) in [5.41, 5.74) is 7.73. The van der Waals surface area contributed by atoms with Gasteiger partial charge in [-0.25, -0.2) is 4.79 Å². The summed E-state index contributed by atoms with van der Waals surface area (Å²) in [6, 6.07) is 0. The van der Waals surface area contributed by atoms with Crippen molar-refractivity contribution >= 4 is 23.0 Å². The van der Waals surface area contributed by atoms with E-state index in [1.807, 2.05) is 0 Å². The number of fused-ring (bicyclic) bond motifs is 1. The number of nitrogens with two attached hydrogens (primary N) is 1. The van der Waals surface area contributed by atoms with Crippen LogP contribution in [-0.2, 0) is 17.6 Å². The lowest BCUT2D eigenvalue weighted by molar-refractivity contribution is 0.0533. The molecule has 0 spiro atoms. The molecule has 0 atom stereocenters. The zero-order chi connectivity index (χ0) is 10.1. The molecule has 1 aliphatic rings. The van der Waals surface area contributed by atoms with Gasteiger partial charge in [0.05, 0.1) is 12.3 Å². The van der Waals surface area contributed by atoms with Gasteiger partial charge in [0.2, 0.25) is 0 Å². The number of thiophene rings is 1. The van der Waals surface area contributed by atoms with Crippen LogP contribution in [0.3, 0.4) is 0 Å². The molecule has 1 aromatic heterocycles. The molecular formula is C10H13NO2S. The molecule has 0 fully saturated rings. The Bertz CT molecular complexity index is 370. The van der Waals surface area contributed by atoms with Gasteiger partial charge in [0.1, 0.15) is 4.88 Å². The molecule has 4 heteroatoms. The van der Waals surface area contributed by atoms with Crippen LogP contribution in [0.1, 0.15) is 33.5 Å². The number of anilines is 1. The highest BCUT2D eigenvalue weighted by atomic mass is 32.1. The minimum absolute atomic E-state index is 0.274. The number of carbonyl (C=O) groups excluding carboxylic acids is 1. The first-order valence-electron chi connectivity index (χ1n) is 4.81. The number of aryl methyl sites for hydroxylation is 1. The molecule has 0 aromatic carbocycles. The predicted molar refractivity (Wildman–Crippen MR) is 56.7 cm³/mol.